The van der Waals surface area contributed by atoms with Crippen molar-refractivity contribution in [2.24, 2.45) is 0 Å². The van der Waals surface area contributed by atoms with Crippen LogP contribution in [0.2, 0.25) is 0 Å². The Morgan fingerprint density at radius 3 is 2.80 bits per heavy atom. The van der Waals surface area contributed by atoms with E-state index in [4.69, 9.17) is 4.74 Å². The van der Waals surface area contributed by atoms with Crippen LogP contribution in [0.15, 0.2) is 30.1 Å². The predicted octanol–water partition coefficient (Wildman–Crippen LogP) is 4.39. The molecule has 20 heavy (non-hydrogen) atoms. The molecule has 0 N–H and O–H groups in total. The molecule has 0 bridgehead atoms. The summed E-state index contributed by atoms with van der Waals surface area (Å²) in [6.45, 7) is 7.16. The highest BCUT2D eigenvalue weighted by Gasteiger charge is 2.20. The monoisotopic (exact) mass is 270 g/mol. The number of hydrogen-bond acceptors (Lipinski definition) is 2. The maximum absolute atomic E-state index is 5.89. The van der Waals surface area contributed by atoms with Crippen molar-refractivity contribution in [2.75, 3.05) is 6.61 Å². The molecule has 0 saturated heterocycles. The number of imidazole rings is 1. The third kappa shape index (κ3) is 2.21. The predicted molar refractivity (Wildman–Crippen MR) is 81.7 cm³/mol. The highest BCUT2D eigenvalue weighted by molar-refractivity contribution is 5.64. The molecule has 0 unspecified atom stereocenters. The van der Waals surface area contributed by atoms with E-state index in [2.05, 4.69) is 41.6 Å². The van der Waals surface area contributed by atoms with Gasteiger partial charge in [0.25, 0.3) is 0 Å². The number of nitrogens with zero attached hydrogens (tertiary/aromatic N) is 2. The Kier molecular flexibility index (Phi) is 3.51. The van der Waals surface area contributed by atoms with Crippen LogP contribution >= 0.6 is 0 Å². The number of hydrogen-bond donors (Lipinski definition) is 0. The van der Waals surface area contributed by atoms with Crippen LogP contribution in [0.1, 0.15) is 57.2 Å². The lowest BCUT2D eigenvalue weighted by atomic mass is 9.90. The zero-order valence-corrected chi connectivity index (χ0v) is 12.5. The van der Waals surface area contributed by atoms with Crippen molar-refractivity contribution < 1.29 is 4.74 Å². The van der Waals surface area contributed by atoms with Crippen LogP contribution in [0.3, 0.4) is 0 Å². The van der Waals surface area contributed by atoms with Crippen LogP contribution in [0.25, 0.3) is 11.4 Å². The minimum absolute atomic E-state index is 0.525. The van der Waals surface area contributed by atoms with Gasteiger partial charge >= 0.3 is 0 Å². The van der Waals surface area contributed by atoms with E-state index in [9.17, 15) is 0 Å². The molecule has 2 aromatic heterocycles. The van der Waals surface area contributed by atoms with Crippen LogP contribution in [-0.2, 0) is 4.74 Å². The van der Waals surface area contributed by atoms with Crippen molar-refractivity contribution in [3.63, 3.8) is 0 Å². The number of allylic oxidation sites excluding steroid dienone is 1. The van der Waals surface area contributed by atoms with E-state index in [-0.39, 0.29) is 0 Å². The van der Waals surface area contributed by atoms with E-state index in [1.165, 1.54) is 17.6 Å². The summed E-state index contributed by atoms with van der Waals surface area (Å²) in [6.07, 6.45) is 7.65. The summed E-state index contributed by atoms with van der Waals surface area (Å²) in [4.78, 5) is 4.55. The SMILES string of the molecule is CCOC(=C1CCC1)c1cnc2cc(C(C)C)ccn12. The van der Waals surface area contributed by atoms with Crippen LogP contribution < -0.4 is 0 Å². The standard InChI is InChI=1S/C17H22N2O/c1-4-20-17(13-6-5-7-13)15-11-18-16-10-14(12(2)3)8-9-19(15)16/h8-12H,4-7H2,1-3H3. The van der Waals surface area contributed by atoms with Gasteiger partial charge in [0, 0.05) is 6.20 Å². The van der Waals surface area contributed by atoms with Crippen molar-refractivity contribution in [2.45, 2.75) is 46.0 Å². The molecule has 2 aromatic rings. The quantitative estimate of drug-likeness (QED) is 0.770. The first-order valence-electron chi connectivity index (χ1n) is 7.53. The lowest BCUT2D eigenvalue weighted by Crippen LogP contribution is -2.06. The lowest BCUT2D eigenvalue weighted by molar-refractivity contribution is 0.289. The van der Waals surface area contributed by atoms with E-state index in [0.29, 0.717) is 12.5 Å². The summed E-state index contributed by atoms with van der Waals surface area (Å²) in [5, 5.41) is 0. The molecule has 0 atom stereocenters. The summed E-state index contributed by atoms with van der Waals surface area (Å²) in [6, 6.07) is 4.35. The molecule has 0 radical (unpaired) electrons. The zero-order chi connectivity index (χ0) is 14.1. The number of rotatable bonds is 4. The smallest absolute Gasteiger partial charge is 0.144 e. The average Bonchev–Trinajstić information content (AvgIpc) is 2.78. The van der Waals surface area contributed by atoms with Gasteiger partial charge in [0.1, 0.15) is 17.1 Å². The molecule has 1 saturated carbocycles. The molecule has 1 aliphatic carbocycles. The maximum Gasteiger partial charge on any atom is 0.144 e. The van der Waals surface area contributed by atoms with Gasteiger partial charge in [-0.2, -0.15) is 0 Å². The lowest BCUT2D eigenvalue weighted by Gasteiger charge is -2.21. The van der Waals surface area contributed by atoms with E-state index in [1.54, 1.807) is 0 Å². The number of pyridine rings is 1. The first-order chi connectivity index (χ1) is 9.70. The molecule has 0 spiro atoms. The van der Waals surface area contributed by atoms with Gasteiger partial charge in [0.05, 0.1) is 12.8 Å². The number of aromatic nitrogens is 2. The molecule has 0 amide bonds. The van der Waals surface area contributed by atoms with E-state index >= 15 is 0 Å². The van der Waals surface area contributed by atoms with Gasteiger partial charge < -0.3 is 4.74 Å². The van der Waals surface area contributed by atoms with Gasteiger partial charge in [0.15, 0.2) is 0 Å². The Hall–Kier alpha value is -1.77. The normalized spacial score (nSPS) is 14.7. The van der Waals surface area contributed by atoms with Gasteiger partial charge in [-0.15, -0.1) is 0 Å². The maximum atomic E-state index is 5.89. The second kappa shape index (κ2) is 5.31. The Morgan fingerprint density at radius 2 is 2.20 bits per heavy atom. The highest BCUT2D eigenvalue weighted by atomic mass is 16.5. The Labute approximate surface area is 120 Å². The van der Waals surface area contributed by atoms with Crippen LogP contribution in [-0.4, -0.2) is 16.0 Å². The summed E-state index contributed by atoms with van der Waals surface area (Å²) in [5.74, 6) is 1.57. The third-order valence-electron chi connectivity index (χ3n) is 4.00. The minimum Gasteiger partial charge on any atom is -0.492 e. The summed E-state index contributed by atoms with van der Waals surface area (Å²) in [5.41, 5.74) is 4.85. The number of fused-ring (bicyclic) bond motifs is 1. The van der Waals surface area contributed by atoms with Crippen LogP contribution in [0.5, 0.6) is 0 Å². The second-order valence-corrected chi connectivity index (χ2v) is 5.71. The Morgan fingerprint density at radius 1 is 1.40 bits per heavy atom. The molecule has 2 heterocycles. The largest absolute Gasteiger partial charge is 0.492 e. The molecular weight excluding hydrogens is 248 g/mol. The van der Waals surface area contributed by atoms with Gasteiger partial charge in [-0.3, -0.25) is 4.40 Å². The van der Waals surface area contributed by atoms with Crippen molar-refractivity contribution in [3.8, 4) is 0 Å². The molecule has 1 fully saturated rings. The second-order valence-electron chi connectivity index (χ2n) is 5.71. The van der Waals surface area contributed by atoms with Crippen LogP contribution in [0, 0.1) is 0 Å². The molecule has 3 heteroatoms. The molecule has 106 valence electrons. The van der Waals surface area contributed by atoms with Crippen molar-refractivity contribution >= 4 is 11.4 Å². The molecule has 0 aliphatic heterocycles. The van der Waals surface area contributed by atoms with Crippen molar-refractivity contribution in [1.29, 1.82) is 0 Å². The van der Waals surface area contributed by atoms with Crippen molar-refractivity contribution in [3.05, 3.63) is 41.4 Å². The fourth-order valence-corrected chi connectivity index (χ4v) is 2.61. The Balaban J connectivity index is 2.07. The van der Waals surface area contributed by atoms with Gasteiger partial charge in [-0.25, -0.2) is 4.98 Å². The van der Waals surface area contributed by atoms with Crippen molar-refractivity contribution in [1.82, 2.24) is 9.38 Å². The molecular formula is C17H22N2O. The molecule has 3 rings (SSSR count). The van der Waals surface area contributed by atoms with Gasteiger partial charge in [-0.05, 0) is 55.4 Å². The highest BCUT2D eigenvalue weighted by Crippen LogP contribution is 2.34. The third-order valence-corrected chi connectivity index (χ3v) is 4.00. The Bertz CT molecular complexity index is 646. The fraction of sp³-hybridized carbons (Fsp3) is 0.471. The zero-order valence-electron chi connectivity index (χ0n) is 12.5. The summed E-state index contributed by atoms with van der Waals surface area (Å²) < 4.78 is 8.04. The van der Waals surface area contributed by atoms with Gasteiger partial charge in [-0.1, -0.05) is 13.8 Å². The average molecular weight is 270 g/mol. The van der Waals surface area contributed by atoms with E-state index in [0.717, 1.165) is 29.9 Å². The van der Waals surface area contributed by atoms with Gasteiger partial charge in [0.2, 0.25) is 0 Å². The first-order valence-corrected chi connectivity index (χ1v) is 7.53. The number of ether oxygens (including phenoxy) is 1. The molecule has 0 aromatic carbocycles. The topological polar surface area (TPSA) is 26.5 Å². The van der Waals surface area contributed by atoms with Crippen LogP contribution in [0.4, 0.5) is 0 Å². The molecule has 1 aliphatic rings. The summed E-state index contributed by atoms with van der Waals surface area (Å²) >= 11 is 0. The van der Waals surface area contributed by atoms with E-state index in [1.807, 2.05) is 13.1 Å². The summed E-state index contributed by atoms with van der Waals surface area (Å²) in [7, 11) is 0. The fourth-order valence-electron chi connectivity index (χ4n) is 2.61. The first kappa shape index (κ1) is 13.2. The van der Waals surface area contributed by atoms with E-state index < -0.39 is 0 Å². The minimum atomic E-state index is 0.525. The molecule has 3 nitrogen and oxygen atoms in total.